The van der Waals surface area contributed by atoms with Crippen molar-refractivity contribution in [3.05, 3.63) is 42.0 Å². The van der Waals surface area contributed by atoms with Gasteiger partial charge in [-0.15, -0.1) is 0 Å². The Morgan fingerprint density at radius 3 is 2.45 bits per heavy atom. The van der Waals surface area contributed by atoms with Gasteiger partial charge in [0.15, 0.2) is 5.78 Å². The predicted octanol–water partition coefficient (Wildman–Crippen LogP) is 2.80. The van der Waals surface area contributed by atoms with Crippen molar-refractivity contribution in [2.24, 2.45) is 0 Å². The first-order chi connectivity index (χ1) is 9.55. The topological polar surface area (TPSA) is 29.5 Å². The third-order valence-corrected chi connectivity index (χ3v) is 4.08. The molecule has 0 saturated carbocycles. The summed E-state index contributed by atoms with van der Waals surface area (Å²) in [6.07, 6.45) is 6.40. The molecule has 0 amide bonds. The second kappa shape index (κ2) is 6.23. The lowest BCUT2D eigenvalue weighted by Gasteiger charge is -2.34. The van der Waals surface area contributed by atoms with Crippen LogP contribution in [0.2, 0.25) is 0 Å². The zero-order chi connectivity index (χ0) is 14.6. The molecule has 0 radical (unpaired) electrons. The van der Waals surface area contributed by atoms with Crippen molar-refractivity contribution < 1.29 is 9.53 Å². The molecule has 0 fully saturated rings. The number of benzene rings is 1. The van der Waals surface area contributed by atoms with Gasteiger partial charge in [-0.25, -0.2) is 0 Å². The molecule has 0 bridgehead atoms. The lowest BCUT2D eigenvalue weighted by molar-refractivity contribution is -0.115. The Labute approximate surface area is 121 Å². The number of hydrogen-bond acceptors (Lipinski definition) is 3. The molecule has 0 aliphatic heterocycles. The Morgan fingerprint density at radius 1 is 1.25 bits per heavy atom. The highest BCUT2D eigenvalue weighted by Crippen LogP contribution is 2.38. The van der Waals surface area contributed by atoms with Crippen LogP contribution in [0.1, 0.15) is 24.8 Å². The van der Waals surface area contributed by atoms with Crippen molar-refractivity contribution in [2.45, 2.75) is 24.7 Å². The SMILES string of the molecule is COc1ccc([C@]2(CCN(C)C)C=CC(=O)CC2)cc1. The first-order valence-corrected chi connectivity index (χ1v) is 7.07. The van der Waals surface area contributed by atoms with E-state index in [4.69, 9.17) is 4.74 Å². The lowest BCUT2D eigenvalue weighted by atomic mass is 9.71. The molecule has 0 unspecified atom stereocenters. The summed E-state index contributed by atoms with van der Waals surface area (Å²) in [6, 6.07) is 8.23. The largest absolute Gasteiger partial charge is 0.497 e. The van der Waals surface area contributed by atoms with Crippen LogP contribution in [0.15, 0.2) is 36.4 Å². The quantitative estimate of drug-likeness (QED) is 0.826. The fourth-order valence-electron chi connectivity index (χ4n) is 2.70. The number of carbonyl (C=O) groups is 1. The maximum Gasteiger partial charge on any atom is 0.155 e. The summed E-state index contributed by atoms with van der Waals surface area (Å²) in [6.45, 7) is 1.00. The molecule has 1 aliphatic rings. The predicted molar refractivity (Wildman–Crippen MR) is 81.2 cm³/mol. The molecule has 2 rings (SSSR count). The average Bonchev–Trinajstić information content (AvgIpc) is 2.47. The zero-order valence-corrected chi connectivity index (χ0v) is 12.6. The van der Waals surface area contributed by atoms with Crippen LogP contribution in [0.25, 0.3) is 0 Å². The maximum atomic E-state index is 11.5. The minimum absolute atomic E-state index is 0.0234. The number of ether oxygens (including phenoxy) is 1. The Hall–Kier alpha value is -1.61. The summed E-state index contributed by atoms with van der Waals surface area (Å²) in [5.41, 5.74) is 1.24. The monoisotopic (exact) mass is 273 g/mol. The van der Waals surface area contributed by atoms with Gasteiger partial charge < -0.3 is 9.64 Å². The summed E-state index contributed by atoms with van der Waals surface area (Å²) >= 11 is 0. The molecule has 1 atom stereocenters. The van der Waals surface area contributed by atoms with Gasteiger partial charge in [-0.1, -0.05) is 18.2 Å². The third-order valence-electron chi connectivity index (χ3n) is 4.08. The van der Waals surface area contributed by atoms with Gasteiger partial charge in [-0.3, -0.25) is 4.79 Å². The fraction of sp³-hybridized carbons (Fsp3) is 0.471. The van der Waals surface area contributed by atoms with Crippen LogP contribution in [0.4, 0.5) is 0 Å². The van der Waals surface area contributed by atoms with E-state index in [2.05, 4.69) is 37.2 Å². The maximum absolute atomic E-state index is 11.5. The molecule has 0 spiro atoms. The molecular formula is C17H23NO2. The van der Waals surface area contributed by atoms with E-state index < -0.39 is 0 Å². The van der Waals surface area contributed by atoms with E-state index >= 15 is 0 Å². The number of ketones is 1. The van der Waals surface area contributed by atoms with Crippen molar-refractivity contribution in [1.82, 2.24) is 4.90 Å². The Balaban J connectivity index is 2.29. The molecule has 20 heavy (non-hydrogen) atoms. The molecule has 1 aromatic rings. The van der Waals surface area contributed by atoms with Crippen LogP contribution in [0, 0.1) is 0 Å². The summed E-state index contributed by atoms with van der Waals surface area (Å²) in [4.78, 5) is 13.7. The molecule has 3 heteroatoms. The highest BCUT2D eigenvalue weighted by atomic mass is 16.5. The van der Waals surface area contributed by atoms with E-state index in [0.29, 0.717) is 6.42 Å². The molecule has 1 aliphatic carbocycles. The zero-order valence-electron chi connectivity index (χ0n) is 12.6. The highest BCUT2D eigenvalue weighted by Gasteiger charge is 2.32. The van der Waals surface area contributed by atoms with Crippen LogP contribution in [-0.2, 0) is 10.2 Å². The number of rotatable bonds is 5. The molecule has 0 N–H and O–H groups in total. The van der Waals surface area contributed by atoms with Crippen LogP contribution in [0.3, 0.4) is 0 Å². The minimum Gasteiger partial charge on any atom is -0.497 e. The minimum atomic E-state index is -0.0234. The Morgan fingerprint density at radius 2 is 1.95 bits per heavy atom. The fourth-order valence-corrected chi connectivity index (χ4v) is 2.70. The lowest BCUT2D eigenvalue weighted by Crippen LogP contribution is -2.32. The van der Waals surface area contributed by atoms with Gasteiger partial charge in [0.25, 0.3) is 0 Å². The molecule has 108 valence electrons. The van der Waals surface area contributed by atoms with Crippen molar-refractivity contribution in [3.63, 3.8) is 0 Å². The molecule has 3 nitrogen and oxygen atoms in total. The van der Waals surface area contributed by atoms with E-state index in [1.807, 2.05) is 12.1 Å². The van der Waals surface area contributed by atoms with Crippen molar-refractivity contribution >= 4 is 5.78 Å². The van der Waals surface area contributed by atoms with E-state index in [-0.39, 0.29) is 11.2 Å². The summed E-state index contributed by atoms with van der Waals surface area (Å²) < 4.78 is 5.22. The molecule has 0 saturated heterocycles. The number of carbonyl (C=O) groups excluding carboxylic acids is 1. The summed E-state index contributed by atoms with van der Waals surface area (Å²) in [7, 11) is 5.84. The van der Waals surface area contributed by atoms with Crippen LogP contribution >= 0.6 is 0 Å². The smallest absolute Gasteiger partial charge is 0.155 e. The second-order valence-electron chi connectivity index (χ2n) is 5.74. The Kier molecular flexibility index (Phi) is 4.61. The molecule has 1 aromatic carbocycles. The van der Waals surface area contributed by atoms with Gasteiger partial charge in [-0.2, -0.15) is 0 Å². The van der Waals surface area contributed by atoms with Gasteiger partial charge in [0.1, 0.15) is 5.75 Å². The van der Waals surface area contributed by atoms with Gasteiger partial charge in [0, 0.05) is 11.8 Å². The molecule has 0 heterocycles. The van der Waals surface area contributed by atoms with Crippen molar-refractivity contribution in [1.29, 1.82) is 0 Å². The van der Waals surface area contributed by atoms with Crippen molar-refractivity contribution in [3.8, 4) is 5.75 Å². The standard InChI is InChI=1S/C17H23NO2/c1-18(2)13-12-17(10-8-15(19)9-11-17)14-4-6-16(20-3)7-5-14/h4-8,10H,9,11-13H2,1-3H3/t17-/m1/s1. The third kappa shape index (κ3) is 3.28. The van der Waals surface area contributed by atoms with E-state index in [0.717, 1.165) is 25.1 Å². The number of hydrogen-bond donors (Lipinski definition) is 0. The van der Waals surface area contributed by atoms with E-state index in [1.54, 1.807) is 13.2 Å². The average molecular weight is 273 g/mol. The Bertz CT molecular complexity index is 490. The first kappa shape index (κ1) is 14.8. The summed E-state index contributed by atoms with van der Waals surface area (Å²) in [5.74, 6) is 1.10. The number of allylic oxidation sites excluding steroid dienone is 2. The molecule has 0 aromatic heterocycles. The van der Waals surface area contributed by atoms with Gasteiger partial charge >= 0.3 is 0 Å². The number of methoxy groups -OCH3 is 1. The van der Waals surface area contributed by atoms with E-state index in [1.165, 1.54) is 5.56 Å². The van der Waals surface area contributed by atoms with Gasteiger partial charge in [-0.05, 0) is 57.3 Å². The van der Waals surface area contributed by atoms with Crippen molar-refractivity contribution in [2.75, 3.05) is 27.7 Å². The summed E-state index contributed by atoms with van der Waals surface area (Å²) in [5, 5.41) is 0. The highest BCUT2D eigenvalue weighted by molar-refractivity contribution is 5.91. The van der Waals surface area contributed by atoms with Crippen LogP contribution in [0.5, 0.6) is 5.75 Å². The first-order valence-electron chi connectivity index (χ1n) is 7.07. The second-order valence-corrected chi connectivity index (χ2v) is 5.74. The van der Waals surface area contributed by atoms with Gasteiger partial charge in [0.05, 0.1) is 7.11 Å². The van der Waals surface area contributed by atoms with Crippen LogP contribution < -0.4 is 4.74 Å². The van der Waals surface area contributed by atoms with E-state index in [9.17, 15) is 4.79 Å². The van der Waals surface area contributed by atoms with Gasteiger partial charge in [0.2, 0.25) is 0 Å². The van der Waals surface area contributed by atoms with Crippen LogP contribution in [-0.4, -0.2) is 38.4 Å². The normalized spacial score (nSPS) is 22.3. The molecular weight excluding hydrogens is 250 g/mol. The number of nitrogens with zero attached hydrogens (tertiary/aromatic N) is 1.